The predicted octanol–water partition coefficient (Wildman–Crippen LogP) is 4.03. The number of carbonyl (C=O) groups excluding carboxylic acids is 1. The minimum Gasteiger partial charge on any atom is -0.345 e. The molecule has 1 amide bonds. The van der Waals surface area contributed by atoms with E-state index in [4.69, 9.17) is 4.98 Å². The number of rotatable bonds is 5. The number of carbonyl (C=O) groups is 1. The molecule has 2 N–H and O–H groups in total. The number of aromatic nitrogens is 5. The third-order valence-corrected chi connectivity index (χ3v) is 6.61. The number of anilines is 2. The van der Waals surface area contributed by atoms with Crippen LogP contribution < -0.4 is 5.32 Å². The number of hydrogen-bond acceptors (Lipinski definition) is 8. The molecule has 5 heterocycles. The van der Waals surface area contributed by atoms with Crippen molar-refractivity contribution in [2.75, 3.05) is 18.4 Å². The lowest BCUT2D eigenvalue weighted by atomic mass is 9.93. The number of aromatic amines is 1. The molecule has 1 saturated heterocycles. The average molecular weight is 438 g/mol. The van der Waals surface area contributed by atoms with Crippen molar-refractivity contribution in [3.8, 4) is 0 Å². The molecule has 10 heteroatoms. The molecule has 5 rings (SSSR count). The molecule has 0 saturated carbocycles. The Kier molecular flexibility index (Phi) is 5.24. The van der Waals surface area contributed by atoms with E-state index in [1.165, 1.54) is 11.5 Å². The van der Waals surface area contributed by atoms with E-state index >= 15 is 0 Å². The number of pyridine rings is 1. The first kappa shape index (κ1) is 18.9. The summed E-state index contributed by atoms with van der Waals surface area (Å²) in [5.41, 5.74) is 1.90. The van der Waals surface area contributed by atoms with Crippen LogP contribution >= 0.6 is 22.9 Å². The minimum atomic E-state index is 0.0341. The van der Waals surface area contributed by atoms with Gasteiger partial charge in [-0.05, 0) is 42.6 Å². The van der Waals surface area contributed by atoms with E-state index in [2.05, 4.69) is 36.8 Å². The van der Waals surface area contributed by atoms with E-state index in [9.17, 15) is 4.79 Å². The molecular formula is C20H19N7OS2. The number of H-pyrrole nitrogens is 1. The second-order valence-corrected chi connectivity index (χ2v) is 8.67. The summed E-state index contributed by atoms with van der Waals surface area (Å²) in [6, 6.07) is 4.17. The summed E-state index contributed by atoms with van der Waals surface area (Å²) in [7, 11) is 0. The fourth-order valence-electron chi connectivity index (χ4n) is 3.57. The van der Waals surface area contributed by atoms with Gasteiger partial charge in [-0.25, -0.2) is 15.0 Å². The van der Waals surface area contributed by atoms with Gasteiger partial charge in [0.25, 0.3) is 0 Å². The Hall–Kier alpha value is -3.11. The third kappa shape index (κ3) is 3.96. The maximum atomic E-state index is 12.4. The summed E-state index contributed by atoms with van der Waals surface area (Å²) in [6.45, 7) is 1.46. The van der Waals surface area contributed by atoms with Gasteiger partial charge < -0.3 is 15.2 Å². The van der Waals surface area contributed by atoms with Gasteiger partial charge in [0.15, 0.2) is 10.9 Å². The van der Waals surface area contributed by atoms with Gasteiger partial charge in [-0.2, -0.15) is 4.37 Å². The van der Waals surface area contributed by atoms with Crippen LogP contribution in [0.4, 0.5) is 10.9 Å². The highest BCUT2D eigenvalue weighted by Gasteiger charge is 2.24. The lowest BCUT2D eigenvalue weighted by Gasteiger charge is -2.31. The first-order valence-corrected chi connectivity index (χ1v) is 11.3. The van der Waals surface area contributed by atoms with Crippen LogP contribution in [0, 0.1) is 0 Å². The van der Waals surface area contributed by atoms with Crippen LogP contribution in [0.2, 0.25) is 0 Å². The summed E-state index contributed by atoms with van der Waals surface area (Å²) in [5.74, 6) is 1.19. The Bertz CT molecular complexity index is 1160. The van der Waals surface area contributed by atoms with E-state index in [1.807, 2.05) is 10.3 Å². The quantitative estimate of drug-likeness (QED) is 0.457. The maximum absolute atomic E-state index is 12.4. The third-order valence-electron chi connectivity index (χ3n) is 5.17. The second kappa shape index (κ2) is 8.33. The number of thiazole rings is 1. The minimum absolute atomic E-state index is 0.0341. The average Bonchev–Trinajstić information content (AvgIpc) is 3.55. The predicted molar refractivity (Wildman–Crippen MR) is 119 cm³/mol. The number of nitrogens with one attached hydrogen (secondary N) is 2. The van der Waals surface area contributed by atoms with Gasteiger partial charge in [-0.1, -0.05) is 0 Å². The van der Waals surface area contributed by atoms with E-state index in [0.717, 1.165) is 58.5 Å². The molecule has 1 fully saturated rings. The number of likely N-dealkylation sites (tertiary alicyclic amines) is 1. The summed E-state index contributed by atoms with van der Waals surface area (Å²) >= 11 is 2.94. The number of imidazole rings is 1. The van der Waals surface area contributed by atoms with Gasteiger partial charge in [0.2, 0.25) is 5.91 Å². The van der Waals surface area contributed by atoms with E-state index in [0.29, 0.717) is 5.92 Å². The smallest absolute Gasteiger partial charge is 0.246 e. The Morgan fingerprint density at radius 2 is 2.20 bits per heavy atom. The van der Waals surface area contributed by atoms with Gasteiger partial charge in [0, 0.05) is 42.4 Å². The fourth-order valence-corrected chi connectivity index (χ4v) is 4.83. The van der Waals surface area contributed by atoms with Crippen molar-refractivity contribution in [1.29, 1.82) is 0 Å². The van der Waals surface area contributed by atoms with Crippen molar-refractivity contribution in [2.24, 2.45) is 0 Å². The molecule has 0 atom stereocenters. The van der Waals surface area contributed by atoms with Gasteiger partial charge in [0.05, 0.1) is 23.6 Å². The van der Waals surface area contributed by atoms with Gasteiger partial charge in [-0.15, -0.1) is 11.3 Å². The van der Waals surface area contributed by atoms with Crippen molar-refractivity contribution < 1.29 is 4.79 Å². The van der Waals surface area contributed by atoms with Crippen molar-refractivity contribution in [1.82, 2.24) is 29.2 Å². The second-order valence-electron chi connectivity index (χ2n) is 7.02. The summed E-state index contributed by atoms with van der Waals surface area (Å²) in [6.07, 6.45) is 10.2. The molecular weight excluding hydrogens is 418 g/mol. The lowest BCUT2D eigenvalue weighted by molar-refractivity contribution is -0.126. The Labute approximate surface area is 180 Å². The molecule has 8 nitrogen and oxygen atoms in total. The molecule has 0 aromatic carbocycles. The normalized spacial score (nSPS) is 15.3. The molecule has 1 aliphatic heterocycles. The van der Waals surface area contributed by atoms with Crippen molar-refractivity contribution >= 4 is 56.0 Å². The zero-order chi connectivity index (χ0) is 20.3. The van der Waals surface area contributed by atoms with Crippen molar-refractivity contribution in [3.63, 3.8) is 0 Å². The van der Waals surface area contributed by atoms with E-state index in [-0.39, 0.29) is 5.91 Å². The fraction of sp³-hybridized carbons (Fsp3) is 0.250. The zero-order valence-corrected chi connectivity index (χ0v) is 17.6. The first-order valence-electron chi connectivity index (χ1n) is 9.64. The number of piperidine rings is 1. The highest BCUT2D eigenvalue weighted by Crippen LogP contribution is 2.32. The van der Waals surface area contributed by atoms with Crippen LogP contribution in [0.5, 0.6) is 0 Å². The molecule has 0 spiro atoms. The Balaban J connectivity index is 1.23. The molecule has 1 aliphatic rings. The molecule has 4 aromatic heterocycles. The zero-order valence-electron chi connectivity index (χ0n) is 16.0. The number of nitrogens with zero attached hydrogens (tertiary/aromatic N) is 5. The first-order chi connectivity index (χ1) is 14.8. The summed E-state index contributed by atoms with van der Waals surface area (Å²) in [5, 5.41) is 7.02. The highest BCUT2D eigenvalue weighted by molar-refractivity contribution is 7.14. The largest absolute Gasteiger partial charge is 0.345 e. The summed E-state index contributed by atoms with van der Waals surface area (Å²) in [4.78, 5) is 31.3. The number of fused-ring (bicyclic) bond motifs is 1. The molecule has 30 heavy (non-hydrogen) atoms. The molecule has 4 aromatic rings. The highest BCUT2D eigenvalue weighted by atomic mass is 32.1. The SMILES string of the molecule is O=C(/C=C/c1cnc[nH]1)N1CCC(c2ccc3c(Nc4nccs4)nsc3n2)CC1. The molecule has 152 valence electrons. The standard InChI is InChI=1S/C20H19N7OS2/c28-17(4-1-14-11-21-12-23-14)27-8-5-13(6-9-27)16-3-2-15-18(26-30-19(15)24-16)25-20-22-7-10-29-20/h1-4,7,10-13H,5-6,8-9H2,(H,21,23)(H,22,25,26)/b4-1+. The van der Waals surface area contributed by atoms with Crippen molar-refractivity contribution in [3.05, 3.63) is 53.7 Å². The van der Waals surface area contributed by atoms with Crippen LogP contribution in [0.1, 0.15) is 30.1 Å². The lowest BCUT2D eigenvalue weighted by Crippen LogP contribution is -2.37. The monoisotopic (exact) mass is 437 g/mol. The number of hydrogen-bond donors (Lipinski definition) is 2. The van der Waals surface area contributed by atoms with Crippen molar-refractivity contribution in [2.45, 2.75) is 18.8 Å². The van der Waals surface area contributed by atoms with Gasteiger partial charge in [0.1, 0.15) is 4.83 Å². The maximum Gasteiger partial charge on any atom is 0.246 e. The van der Waals surface area contributed by atoms with Crippen LogP contribution in [0.25, 0.3) is 16.3 Å². The van der Waals surface area contributed by atoms with Gasteiger partial charge >= 0.3 is 0 Å². The van der Waals surface area contributed by atoms with Crippen LogP contribution in [-0.4, -0.2) is 48.2 Å². The molecule has 0 unspecified atom stereocenters. The van der Waals surface area contributed by atoms with Crippen LogP contribution in [0.15, 0.2) is 42.3 Å². The summed E-state index contributed by atoms with van der Waals surface area (Å²) < 4.78 is 4.50. The van der Waals surface area contributed by atoms with Crippen LogP contribution in [-0.2, 0) is 4.79 Å². The van der Waals surface area contributed by atoms with E-state index in [1.54, 1.807) is 42.2 Å². The van der Waals surface area contributed by atoms with Crippen LogP contribution in [0.3, 0.4) is 0 Å². The molecule has 0 bridgehead atoms. The van der Waals surface area contributed by atoms with Gasteiger partial charge in [-0.3, -0.25) is 4.79 Å². The molecule has 0 aliphatic carbocycles. The number of amides is 1. The topological polar surface area (TPSA) is 99.7 Å². The Morgan fingerprint density at radius 1 is 1.30 bits per heavy atom. The Morgan fingerprint density at radius 3 is 2.97 bits per heavy atom. The van der Waals surface area contributed by atoms with E-state index < -0.39 is 0 Å². The molecule has 0 radical (unpaired) electrons.